The van der Waals surface area contributed by atoms with Gasteiger partial charge in [-0.05, 0) is 55.0 Å². The number of ether oxygens (including phenoxy) is 1. The highest BCUT2D eigenvalue weighted by Crippen LogP contribution is 2.23. The van der Waals surface area contributed by atoms with Crippen molar-refractivity contribution in [1.29, 1.82) is 0 Å². The van der Waals surface area contributed by atoms with Crippen LogP contribution in [0.25, 0.3) is 0 Å². The predicted molar refractivity (Wildman–Crippen MR) is 114 cm³/mol. The SMILES string of the molecule is COc1cccc(C(=O)CSc2ccc(NC(=O)c3ccccc3C)cc2)c1. The maximum absolute atomic E-state index is 12.4. The molecule has 0 aliphatic rings. The smallest absolute Gasteiger partial charge is 0.255 e. The molecule has 3 aromatic rings. The molecule has 5 heteroatoms. The lowest BCUT2D eigenvalue weighted by Gasteiger charge is -2.08. The standard InChI is InChI=1S/C23H21NO3S/c1-16-6-3-4-9-21(16)23(26)24-18-10-12-20(13-11-18)28-15-22(25)17-7-5-8-19(14-17)27-2/h3-14H,15H2,1-2H3,(H,24,26). The summed E-state index contributed by atoms with van der Waals surface area (Å²) in [7, 11) is 1.58. The molecule has 0 radical (unpaired) electrons. The highest BCUT2D eigenvalue weighted by Gasteiger charge is 2.10. The third kappa shape index (κ3) is 5.02. The molecular weight excluding hydrogens is 370 g/mol. The van der Waals surface area contributed by atoms with Gasteiger partial charge in [-0.2, -0.15) is 0 Å². The molecule has 0 spiro atoms. The van der Waals surface area contributed by atoms with E-state index in [2.05, 4.69) is 5.32 Å². The Kier molecular flexibility index (Phi) is 6.50. The number of benzene rings is 3. The predicted octanol–water partition coefficient (Wildman–Crippen LogP) is 5.23. The van der Waals surface area contributed by atoms with Crippen LogP contribution >= 0.6 is 11.8 Å². The van der Waals surface area contributed by atoms with E-state index >= 15 is 0 Å². The van der Waals surface area contributed by atoms with E-state index in [0.717, 1.165) is 16.1 Å². The summed E-state index contributed by atoms with van der Waals surface area (Å²) in [6, 6.07) is 22.1. The summed E-state index contributed by atoms with van der Waals surface area (Å²) >= 11 is 1.46. The number of aryl methyl sites for hydroxylation is 1. The fourth-order valence-electron chi connectivity index (χ4n) is 2.69. The van der Waals surface area contributed by atoms with Crippen LogP contribution in [-0.2, 0) is 0 Å². The van der Waals surface area contributed by atoms with Crippen molar-refractivity contribution < 1.29 is 14.3 Å². The Morgan fingerprint density at radius 2 is 1.71 bits per heavy atom. The summed E-state index contributed by atoms with van der Waals surface area (Å²) in [6.45, 7) is 1.91. The van der Waals surface area contributed by atoms with E-state index in [4.69, 9.17) is 4.74 Å². The number of hydrogen-bond acceptors (Lipinski definition) is 4. The zero-order valence-electron chi connectivity index (χ0n) is 15.8. The molecule has 0 saturated heterocycles. The number of ketones is 1. The van der Waals surface area contributed by atoms with Gasteiger partial charge in [0.1, 0.15) is 5.75 Å². The van der Waals surface area contributed by atoms with Gasteiger partial charge in [-0.25, -0.2) is 0 Å². The minimum Gasteiger partial charge on any atom is -0.497 e. The molecule has 1 N–H and O–H groups in total. The molecule has 1 amide bonds. The van der Waals surface area contributed by atoms with Crippen molar-refractivity contribution >= 4 is 29.1 Å². The van der Waals surface area contributed by atoms with Crippen molar-refractivity contribution in [2.75, 3.05) is 18.2 Å². The Balaban J connectivity index is 1.58. The van der Waals surface area contributed by atoms with Gasteiger partial charge < -0.3 is 10.1 Å². The molecule has 0 bridgehead atoms. The van der Waals surface area contributed by atoms with Gasteiger partial charge in [0.05, 0.1) is 12.9 Å². The average molecular weight is 391 g/mol. The first-order chi connectivity index (χ1) is 13.6. The van der Waals surface area contributed by atoms with Gasteiger partial charge in [0.25, 0.3) is 5.91 Å². The van der Waals surface area contributed by atoms with Crippen LogP contribution in [0.15, 0.2) is 77.7 Å². The van der Waals surface area contributed by atoms with Crippen molar-refractivity contribution in [3.05, 3.63) is 89.5 Å². The Hall–Kier alpha value is -3.05. The van der Waals surface area contributed by atoms with Gasteiger partial charge in [-0.1, -0.05) is 30.3 Å². The second-order valence-corrected chi connectivity index (χ2v) is 7.29. The molecule has 3 rings (SSSR count). The minimum absolute atomic E-state index is 0.0424. The van der Waals surface area contributed by atoms with Crippen molar-refractivity contribution in [3.63, 3.8) is 0 Å². The van der Waals surface area contributed by atoms with E-state index in [9.17, 15) is 9.59 Å². The lowest BCUT2D eigenvalue weighted by atomic mass is 10.1. The average Bonchev–Trinajstić information content (AvgIpc) is 2.73. The molecule has 4 nitrogen and oxygen atoms in total. The largest absolute Gasteiger partial charge is 0.497 e. The maximum atomic E-state index is 12.4. The number of methoxy groups -OCH3 is 1. The van der Waals surface area contributed by atoms with Crippen molar-refractivity contribution in [3.8, 4) is 5.75 Å². The molecule has 0 fully saturated rings. The second kappa shape index (κ2) is 9.24. The second-order valence-electron chi connectivity index (χ2n) is 6.24. The van der Waals surface area contributed by atoms with E-state index in [1.54, 1.807) is 25.3 Å². The van der Waals surface area contributed by atoms with Crippen LogP contribution < -0.4 is 10.1 Å². The number of nitrogens with one attached hydrogen (secondary N) is 1. The molecular formula is C23H21NO3S. The number of carbonyl (C=O) groups is 2. The molecule has 0 aliphatic heterocycles. The Bertz CT molecular complexity index is 983. The number of anilines is 1. The van der Waals surface area contributed by atoms with Gasteiger partial charge in [-0.15, -0.1) is 11.8 Å². The first-order valence-corrected chi connectivity index (χ1v) is 9.82. The highest BCUT2D eigenvalue weighted by atomic mass is 32.2. The van der Waals surface area contributed by atoms with Crippen molar-refractivity contribution in [1.82, 2.24) is 0 Å². The number of Topliss-reactive ketones (excluding diaryl/α,β-unsaturated/α-hetero) is 1. The summed E-state index contributed by atoms with van der Waals surface area (Å²) in [6.07, 6.45) is 0. The molecule has 0 unspecified atom stereocenters. The van der Waals surface area contributed by atoms with E-state index < -0.39 is 0 Å². The number of rotatable bonds is 7. The third-order valence-electron chi connectivity index (χ3n) is 4.26. The molecule has 0 saturated carbocycles. The van der Waals surface area contributed by atoms with Crippen molar-refractivity contribution in [2.24, 2.45) is 0 Å². The van der Waals surface area contributed by atoms with E-state index in [-0.39, 0.29) is 11.7 Å². The highest BCUT2D eigenvalue weighted by molar-refractivity contribution is 8.00. The summed E-state index contributed by atoms with van der Waals surface area (Å²) in [5.74, 6) is 0.916. The van der Waals surface area contributed by atoms with E-state index in [0.29, 0.717) is 22.6 Å². The molecule has 3 aromatic carbocycles. The topological polar surface area (TPSA) is 55.4 Å². The summed E-state index contributed by atoms with van der Waals surface area (Å²) < 4.78 is 5.16. The van der Waals surface area contributed by atoms with Gasteiger partial charge in [-0.3, -0.25) is 9.59 Å². The fraction of sp³-hybridized carbons (Fsp3) is 0.130. The molecule has 0 atom stereocenters. The van der Waals surface area contributed by atoms with Crippen LogP contribution in [0.5, 0.6) is 5.75 Å². The van der Waals surface area contributed by atoms with Crippen LogP contribution in [0.4, 0.5) is 5.69 Å². The van der Waals surface area contributed by atoms with Crippen LogP contribution in [0, 0.1) is 6.92 Å². The van der Waals surface area contributed by atoms with Gasteiger partial charge in [0, 0.05) is 21.7 Å². The Morgan fingerprint density at radius 1 is 0.964 bits per heavy atom. The van der Waals surface area contributed by atoms with Gasteiger partial charge >= 0.3 is 0 Å². The minimum atomic E-state index is -0.133. The Morgan fingerprint density at radius 3 is 2.43 bits per heavy atom. The molecule has 142 valence electrons. The third-order valence-corrected chi connectivity index (χ3v) is 5.28. The number of hydrogen-bond donors (Lipinski definition) is 1. The summed E-state index contributed by atoms with van der Waals surface area (Å²) in [5, 5.41) is 2.90. The van der Waals surface area contributed by atoms with Crippen LogP contribution in [0.1, 0.15) is 26.3 Å². The number of carbonyl (C=O) groups excluding carboxylic acids is 2. The lowest BCUT2D eigenvalue weighted by molar-refractivity contribution is 0.101. The first kappa shape index (κ1) is 19.7. The zero-order chi connectivity index (χ0) is 19.9. The number of amides is 1. The Labute approximate surface area is 168 Å². The van der Waals surface area contributed by atoms with Crippen LogP contribution in [-0.4, -0.2) is 24.6 Å². The zero-order valence-corrected chi connectivity index (χ0v) is 16.6. The molecule has 0 aromatic heterocycles. The molecule has 0 heterocycles. The quantitative estimate of drug-likeness (QED) is 0.442. The van der Waals surface area contributed by atoms with Crippen LogP contribution in [0.2, 0.25) is 0 Å². The first-order valence-electron chi connectivity index (χ1n) is 8.84. The van der Waals surface area contributed by atoms with E-state index in [1.807, 2.05) is 61.5 Å². The molecule has 28 heavy (non-hydrogen) atoms. The van der Waals surface area contributed by atoms with Crippen LogP contribution in [0.3, 0.4) is 0 Å². The van der Waals surface area contributed by atoms with E-state index in [1.165, 1.54) is 11.8 Å². The van der Waals surface area contributed by atoms with Gasteiger partial charge in [0.15, 0.2) is 5.78 Å². The lowest BCUT2D eigenvalue weighted by Crippen LogP contribution is -2.13. The maximum Gasteiger partial charge on any atom is 0.255 e. The number of thioether (sulfide) groups is 1. The normalized spacial score (nSPS) is 10.4. The van der Waals surface area contributed by atoms with Gasteiger partial charge in [0.2, 0.25) is 0 Å². The summed E-state index contributed by atoms with van der Waals surface area (Å²) in [5.41, 5.74) is 2.94. The molecule has 0 aliphatic carbocycles. The summed E-state index contributed by atoms with van der Waals surface area (Å²) in [4.78, 5) is 25.7. The fourth-order valence-corrected chi connectivity index (χ4v) is 3.48. The van der Waals surface area contributed by atoms with Crippen molar-refractivity contribution in [2.45, 2.75) is 11.8 Å². The monoisotopic (exact) mass is 391 g/mol.